The first-order valence-corrected chi connectivity index (χ1v) is 6.46. The first kappa shape index (κ1) is 16.2. The van der Waals surface area contributed by atoms with Crippen LogP contribution in [0.4, 0.5) is 0 Å². The topological polar surface area (TPSA) is 71.7 Å². The summed E-state index contributed by atoms with van der Waals surface area (Å²) in [6.07, 6.45) is 3.22. The van der Waals surface area contributed by atoms with Crippen LogP contribution in [0.2, 0.25) is 0 Å². The van der Waals surface area contributed by atoms with Gasteiger partial charge in [-0.2, -0.15) is 0 Å². The summed E-state index contributed by atoms with van der Waals surface area (Å²) in [5, 5.41) is 3.32. The van der Waals surface area contributed by atoms with Crippen molar-refractivity contribution in [2.75, 3.05) is 20.3 Å². The molecule has 0 radical (unpaired) electrons. The number of hydrazine groups is 1. The molecule has 1 unspecified atom stereocenters. The van der Waals surface area contributed by atoms with Gasteiger partial charge in [-0.05, 0) is 19.3 Å². The zero-order chi connectivity index (χ0) is 13.1. The molecule has 0 rings (SSSR count). The average Bonchev–Trinajstić information content (AvgIpc) is 2.34. The van der Waals surface area contributed by atoms with E-state index < -0.39 is 0 Å². The van der Waals surface area contributed by atoms with Crippen LogP contribution in [0.1, 0.15) is 40.0 Å². The van der Waals surface area contributed by atoms with E-state index in [-0.39, 0.29) is 0 Å². The molecule has 0 aromatic heterocycles. The normalized spacial score (nSPS) is 13.9. The van der Waals surface area contributed by atoms with Crippen LogP contribution >= 0.6 is 0 Å². The van der Waals surface area contributed by atoms with E-state index in [1.54, 1.807) is 7.11 Å². The fraction of sp³-hybridized carbons (Fsp3) is 0.917. The largest absolute Gasteiger partial charge is 0.385 e. The number of ether oxygens (including phenoxy) is 1. The third-order valence-electron chi connectivity index (χ3n) is 3.03. The molecule has 5 nitrogen and oxygen atoms in total. The maximum Gasteiger partial charge on any atom is 0.205 e. The zero-order valence-electron chi connectivity index (χ0n) is 11.6. The van der Waals surface area contributed by atoms with Crippen LogP contribution in [0.5, 0.6) is 0 Å². The molecule has 0 aliphatic rings. The predicted molar refractivity (Wildman–Crippen MR) is 72.8 cm³/mol. The summed E-state index contributed by atoms with van der Waals surface area (Å²) < 4.78 is 4.97. The third-order valence-corrected chi connectivity index (χ3v) is 3.03. The molecule has 0 aromatic rings. The summed E-state index contributed by atoms with van der Waals surface area (Å²) in [6.45, 7) is 8.02. The Morgan fingerprint density at radius 1 is 1.35 bits per heavy atom. The maximum absolute atomic E-state index is 5.44. The standard InChI is InChI=1S/C12H28N4O/c1-5-11(6-2)10(3)15-12(16-13)14-8-7-9-17-4/h10-11H,5-9,13H2,1-4H3,(H2,14,15,16). The molecule has 0 aliphatic heterocycles. The summed E-state index contributed by atoms with van der Waals surface area (Å²) in [6, 6.07) is 0.377. The van der Waals surface area contributed by atoms with Gasteiger partial charge in [-0.15, -0.1) is 0 Å². The molecule has 0 saturated heterocycles. The highest BCUT2D eigenvalue weighted by Gasteiger charge is 2.14. The molecule has 0 heterocycles. The van der Waals surface area contributed by atoms with Crippen molar-refractivity contribution in [1.29, 1.82) is 0 Å². The Bertz CT molecular complexity index is 205. The number of guanidine groups is 1. The number of nitrogens with two attached hydrogens (primary N) is 1. The maximum atomic E-state index is 5.44. The lowest BCUT2D eigenvalue weighted by molar-refractivity contribution is 0.197. The van der Waals surface area contributed by atoms with Gasteiger partial charge in [0.05, 0.1) is 0 Å². The smallest absolute Gasteiger partial charge is 0.205 e. The van der Waals surface area contributed by atoms with Crippen LogP contribution in [0.25, 0.3) is 0 Å². The van der Waals surface area contributed by atoms with E-state index in [4.69, 9.17) is 10.6 Å². The first-order valence-electron chi connectivity index (χ1n) is 6.46. The number of nitrogens with one attached hydrogen (secondary N) is 2. The average molecular weight is 244 g/mol. The van der Waals surface area contributed by atoms with Gasteiger partial charge in [-0.1, -0.05) is 26.7 Å². The van der Waals surface area contributed by atoms with Gasteiger partial charge in [0.2, 0.25) is 5.96 Å². The molecule has 1 atom stereocenters. The minimum Gasteiger partial charge on any atom is -0.385 e. The molecule has 0 aliphatic carbocycles. The summed E-state index contributed by atoms with van der Waals surface area (Å²) in [5.41, 5.74) is 2.61. The Labute approximate surface area is 105 Å². The zero-order valence-corrected chi connectivity index (χ0v) is 11.6. The van der Waals surface area contributed by atoms with Gasteiger partial charge in [0.1, 0.15) is 0 Å². The summed E-state index contributed by atoms with van der Waals surface area (Å²) in [5.74, 6) is 6.76. The fourth-order valence-electron chi connectivity index (χ4n) is 1.86. The van der Waals surface area contributed by atoms with E-state index in [2.05, 4.69) is 36.5 Å². The SMILES string of the molecule is CCC(CC)C(C)NC(=NCCCOC)NN. The second-order valence-electron chi connectivity index (χ2n) is 4.23. The van der Waals surface area contributed by atoms with Gasteiger partial charge in [-0.25, -0.2) is 5.84 Å². The van der Waals surface area contributed by atoms with Crippen molar-refractivity contribution in [2.45, 2.75) is 46.1 Å². The van der Waals surface area contributed by atoms with Crippen molar-refractivity contribution in [1.82, 2.24) is 10.7 Å². The molecule has 4 N–H and O–H groups in total. The predicted octanol–water partition coefficient (Wildman–Crippen LogP) is 1.26. The molecule has 0 fully saturated rings. The van der Waals surface area contributed by atoms with Crippen LogP contribution in [0.15, 0.2) is 4.99 Å². The van der Waals surface area contributed by atoms with Crippen LogP contribution < -0.4 is 16.6 Å². The van der Waals surface area contributed by atoms with Gasteiger partial charge in [0.15, 0.2) is 0 Å². The van der Waals surface area contributed by atoms with Crippen LogP contribution in [0, 0.1) is 5.92 Å². The summed E-state index contributed by atoms with van der Waals surface area (Å²) in [7, 11) is 1.69. The molecule has 17 heavy (non-hydrogen) atoms. The second-order valence-corrected chi connectivity index (χ2v) is 4.23. The van der Waals surface area contributed by atoms with E-state index in [0.717, 1.165) is 32.4 Å². The molecule has 0 spiro atoms. The number of hydrogen-bond acceptors (Lipinski definition) is 3. The third kappa shape index (κ3) is 7.18. The van der Waals surface area contributed by atoms with Crippen molar-refractivity contribution in [3.63, 3.8) is 0 Å². The molecule has 5 heteroatoms. The van der Waals surface area contributed by atoms with Crippen LogP contribution in [-0.2, 0) is 4.74 Å². The quantitative estimate of drug-likeness (QED) is 0.198. The van der Waals surface area contributed by atoms with E-state index in [9.17, 15) is 0 Å². The van der Waals surface area contributed by atoms with Crippen molar-refractivity contribution in [3.8, 4) is 0 Å². The summed E-state index contributed by atoms with van der Waals surface area (Å²) >= 11 is 0. The Morgan fingerprint density at radius 3 is 2.47 bits per heavy atom. The van der Waals surface area contributed by atoms with Gasteiger partial charge in [0, 0.05) is 26.3 Å². The van der Waals surface area contributed by atoms with Crippen molar-refractivity contribution >= 4 is 5.96 Å². The lowest BCUT2D eigenvalue weighted by Gasteiger charge is -2.24. The lowest BCUT2D eigenvalue weighted by atomic mass is 9.96. The van der Waals surface area contributed by atoms with E-state index in [1.165, 1.54) is 0 Å². The van der Waals surface area contributed by atoms with E-state index >= 15 is 0 Å². The molecular weight excluding hydrogens is 216 g/mol. The molecule has 0 aromatic carbocycles. The Hall–Kier alpha value is -0.810. The highest BCUT2D eigenvalue weighted by molar-refractivity contribution is 5.79. The highest BCUT2D eigenvalue weighted by Crippen LogP contribution is 2.12. The monoisotopic (exact) mass is 244 g/mol. The molecule has 0 saturated carbocycles. The van der Waals surface area contributed by atoms with Gasteiger partial charge >= 0.3 is 0 Å². The van der Waals surface area contributed by atoms with Gasteiger partial charge in [0.25, 0.3) is 0 Å². The van der Waals surface area contributed by atoms with Gasteiger partial charge in [-0.3, -0.25) is 10.4 Å². The van der Waals surface area contributed by atoms with Crippen molar-refractivity contribution < 1.29 is 4.74 Å². The van der Waals surface area contributed by atoms with Crippen molar-refractivity contribution in [2.24, 2.45) is 16.8 Å². The first-order chi connectivity index (χ1) is 8.19. The second kappa shape index (κ2) is 10.4. The number of aliphatic imine (C=N–C) groups is 1. The Kier molecular flexibility index (Phi) is 9.86. The number of hydrogen-bond donors (Lipinski definition) is 3. The molecular formula is C12H28N4O. The minimum atomic E-state index is 0.377. The number of rotatable bonds is 8. The summed E-state index contributed by atoms with van der Waals surface area (Å²) in [4.78, 5) is 4.36. The molecule has 0 bridgehead atoms. The molecule has 0 amide bonds. The van der Waals surface area contributed by atoms with Crippen molar-refractivity contribution in [3.05, 3.63) is 0 Å². The van der Waals surface area contributed by atoms with Gasteiger partial charge < -0.3 is 10.1 Å². The highest BCUT2D eigenvalue weighted by atomic mass is 16.5. The Morgan fingerprint density at radius 2 is 2.00 bits per heavy atom. The Balaban J connectivity index is 4.09. The lowest BCUT2D eigenvalue weighted by Crippen LogP contribution is -2.47. The van der Waals surface area contributed by atoms with E-state index in [0.29, 0.717) is 17.9 Å². The van der Waals surface area contributed by atoms with Crippen LogP contribution in [0.3, 0.4) is 0 Å². The van der Waals surface area contributed by atoms with E-state index in [1.807, 2.05) is 0 Å². The molecule has 102 valence electrons. The fourth-order valence-corrected chi connectivity index (χ4v) is 1.86. The number of methoxy groups -OCH3 is 1. The number of nitrogens with zero attached hydrogens (tertiary/aromatic N) is 1. The van der Waals surface area contributed by atoms with Crippen LogP contribution in [-0.4, -0.2) is 32.3 Å². The minimum absolute atomic E-state index is 0.377.